The molecule has 0 amide bonds. The van der Waals surface area contributed by atoms with Crippen LogP contribution in [-0.2, 0) is 0 Å². The number of aromatic nitrogens is 5. The summed E-state index contributed by atoms with van der Waals surface area (Å²) in [6, 6.07) is 7.95. The van der Waals surface area contributed by atoms with Gasteiger partial charge in [0.05, 0.1) is 22.7 Å². The molecule has 3 heterocycles. The summed E-state index contributed by atoms with van der Waals surface area (Å²) in [5.41, 5.74) is 3.50. The second kappa shape index (κ2) is 3.88. The third-order valence-electron chi connectivity index (χ3n) is 3.86. The van der Waals surface area contributed by atoms with Crippen molar-refractivity contribution in [3.63, 3.8) is 0 Å². The summed E-state index contributed by atoms with van der Waals surface area (Å²) in [5, 5.41) is 4.05. The van der Waals surface area contributed by atoms with E-state index in [1.807, 2.05) is 28.7 Å². The Labute approximate surface area is 119 Å². The molecule has 1 aliphatic rings. The number of fused-ring (bicyclic) bond motifs is 3. The van der Waals surface area contributed by atoms with Gasteiger partial charge in [-0.05, 0) is 25.0 Å². The Balaban J connectivity index is 1.74. The van der Waals surface area contributed by atoms with Crippen molar-refractivity contribution < 1.29 is 4.52 Å². The van der Waals surface area contributed by atoms with E-state index < -0.39 is 0 Å². The maximum absolute atomic E-state index is 5.37. The van der Waals surface area contributed by atoms with Crippen LogP contribution < -0.4 is 0 Å². The van der Waals surface area contributed by atoms with Gasteiger partial charge in [-0.2, -0.15) is 4.98 Å². The van der Waals surface area contributed by atoms with Crippen molar-refractivity contribution in [3.05, 3.63) is 42.6 Å². The third kappa shape index (κ3) is 1.59. The first-order valence-electron chi connectivity index (χ1n) is 6.95. The minimum Gasteiger partial charge on any atom is -0.332 e. The molecule has 0 atom stereocenters. The Morgan fingerprint density at radius 2 is 2.00 bits per heavy atom. The Hall–Kier alpha value is -2.76. The molecule has 0 saturated heterocycles. The Kier molecular flexibility index (Phi) is 2.02. The van der Waals surface area contributed by atoms with E-state index in [1.165, 1.54) is 0 Å². The summed E-state index contributed by atoms with van der Waals surface area (Å²) in [7, 11) is 0. The lowest BCUT2D eigenvalue weighted by molar-refractivity contribution is 0.422. The van der Waals surface area contributed by atoms with Crippen molar-refractivity contribution >= 4 is 16.6 Å². The molecule has 0 unspecified atom stereocenters. The number of nitrogens with zero attached hydrogens (tertiary/aromatic N) is 5. The van der Waals surface area contributed by atoms with E-state index in [-0.39, 0.29) is 0 Å². The highest BCUT2D eigenvalue weighted by Crippen LogP contribution is 2.39. The summed E-state index contributed by atoms with van der Waals surface area (Å²) >= 11 is 0. The molecule has 6 nitrogen and oxygen atoms in total. The zero-order valence-corrected chi connectivity index (χ0v) is 11.1. The molecule has 21 heavy (non-hydrogen) atoms. The number of benzene rings is 1. The van der Waals surface area contributed by atoms with E-state index in [1.54, 1.807) is 12.5 Å². The number of para-hydroxylation sites is 2. The summed E-state index contributed by atoms with van der Waals surface area (Å²) in [4.78, 5) is 13.4. The van der Waals surface area contributed by atoms with Crippen LogP contribution in [0.2, 0.25) is 0 Å². The predicted molar refractivity (Wildman–Crippen MR) is 75.8 cm³/mol. The fourth-order valence-electron chi connectivity index (χ4n) is 2.58. The highest BCUT2D eigenvalue weighted by molar-refractivity contribution is 5.82. The van der Waals surface area contributed by atoms with Crippen LogP contribution in [0.3, 0.4) is 0 Å². The van der Waals surface area contributed by atoms with E-state index in [9.17, 15) is 0 Å². The highest BCUT2D eigenvalue weighted by atomic mass is 16.5. The summed E-state index contributed by atoms with van der Waals surface area (Å²) < 4.78 is 7.36. The summed E-state index contributed by atoms with van der Waals surface area (Å²) in [6.07, 6.45) is 5.87. The summed E-state index contributed by atoms with van der Waals surface area (Å²) in [6.45, 7) is 0. The predicted octanol–water partition coefficient (Wildman–Crippen LogP) is 2.81. The van der Waals surface area contributed by atoms with Gasteiger partial charge in [-0.1, -0.05) is 17.3 Å². The van der Waals surface area contributed by atoms with Crippen LogP contribution in [0, 0.1) is 0 Å². The summed E-state index contributed by atoms with van der Waals surface area (Å²) in [5.74, 6) is 1.73. The van der Waals surface area contributed by atoms with E-state index in [2.05, 4.69) is 20.1 Å². The van der Waals surface area contributed by atoms with Crippen LogP contribution in [-0.4, -0.2) is 24.5 Å². The van der Waals surface area contributed by atoms with Crippen molar-refractivity contribution in [2.75, 3.05) is 0 Å². The topological polar surface area (TPSA) is 69.1 Å². The lowest BCUT2D eigenvalue weighted by Gasteiger charge is -2.00. The number of hydrogen-bond acceptors (Lipinski definition) is 5. The molecule has 5 rings (SSSR count). The quantitative estimate of drug-likeness (QED) is 0.563. The van der Waals surface area contributed by atoms with Gasteiger partial charge >= 0.3 is 0 Å². The molecule has 102 valence electrons. The number of rotatable bonds is 2. The molecule has 0 aliphatic heterocycles. The van der Waals surface area contributed by atoms with E-state index in [4.69, 9.17) is 4.52 Å². The molecular weight excluding hydrogens is 266 g/mol. The molecule has 1 fully saturated rings. The van der Waals surface area contributed by atoms with Crippen molar-refractivity contribution in [2.45, 2.75) is 18.8 Å². The Morgan fingerprint density at radius 1 is 1.10 bits per heavy atom. The maximum Gasteiger partial charge on any atom is 0.278 e. The fraction of sp³-hybridized carbons (Fsp3) is 0.200. The van der Waals surface area contributed by atoms with Crippen molar-refractivity contribution in [1.29, 1.82) is 0 Å². The van der Waals surface area contributed by atoms with Crippen LogP contribution in [0.15, 0.2) is 41.3 Å². The van der Waals surface area contributed by atoms with Gasteiger partial charge < -0.3 is 4.52 Å². The second-order valence-electron chi connectivity index (χ2n) is 5.33. The average molecular weight is 277 g/mol. The van der Waals surface area contributed by atoms with Gasteiger partial charge in [0.1, 0.15) is 6.33 Å². The average Bonchev–Trinajstić information content (AvgIpc) is 3.11. The van der Waals surface area contributed by atoms with Crippen molar-refractivity contribution in [2.24, 2.45) is 0 Å². The lowest BCUT2D eigenvalue weighted by atomic mass is 10.3. The minimum absolute atomic E-state index is 0.468. The van der Waals surface area contributed by atoms with Crippen molar-refractivity contribution in [3.8, 4) is 11.6 Å². The molecule has 3 aromatic heterocycles. The monoisotopic (exact) mass is 277 g/mol. The minimum atomic E-state index is 0.468. The lowest BCUT2D eigenvalue weighted by Crippen LogP contribution is -1.89. The second-order valence-corrected chi connectivity index (χ2v) is 5.33. The third-order valence-corrected chi connectivity index (χ3v) is 3.86. The van der Waals surface area contributed by atoms with E-state index in [0.29, 0.717) is 17.5 Å². The van der Waals surface area contributed by atoms with Crippen molar-refractivity contribution in [1.82, 2.24) is 24.5 Å². The van der Waals surface area contributed by atoms with E-state index in [0.717, 1.165) is 35.2 Å². The smallest absolute Gasteiger partial charge is 0.278 e. The van der Waals surface area contributed by atoms with Gasteiger partial charge in [0.25, 0.3) is 5.89 Å². The van der Waals surface area contributed by atoms with Gasteiger partial charge in [0.2, 0.25) is 0 Å². The standard InChI is InChI=1S/C15H11N5O/c1-2-4-11-10(3-1)16-7-12-13(17-8-20(11)12)15-18-14(19-21-15)9-5-6-9/h1-4,7-9H,5-6H2. The Morgan fingerprint density at radius 3 is 2.90 bits per heavy atom. The molecule has 0 N–H and O–H groups in total. The van der Waals surface area contributed by atoms with Gasteiger partial charge in [-0.25, -0.2) is 4.98 Å². The SMILES string of the molecule is c1ccc2c(c1)ncc1c(-c3nc(C4CC4)no3)ncn12. The molecule has 4 aromatic rings. The molecular formula is C15H11N5O. The maximum atomic E-state index is 5.37. The van der Waals surface area contributed by atoms with Gasteiger partial charge in [-0.15, -0.1) is 0 Å². The van der Waals surface area contributed by atoms with Crippen LogP contribution in [0.5, 0.6) is 0 Å². The van der Waals surface area contributed by atoms with Gasteiger partial charge in [0, 0.05) is 5.92 Å². The zero-order valence-electron chi connectivity index (χ0n) is 11.1. The van der Waals surface area contributed by atoms with Crippen LogP contribution in [0.25, 0.3) is 28.1 Å². The molecule has 1 aromatic carbocycles. The normalized spacial score (nSPS) is 15.0. The fourth-order valence-corrected chi connectivity index (χ4v) is 2.58. The Bertz CT molecular complexity index is 966. The molecule has 0 radical (unpaired) electrons. The van der Waals surface area contributed by atoms with Gasteiger partial charge in [0.15, 0.2) is 11.5 Å². The van der Waals surface area contributed by atoms with E-state index >= 15 is 0 Å². The highest BCUT2D eigenvalue weighted by Gasteiger charge is 2.29. The van der Waals surface area contributed by atoms with Crippen LogP contribution >= 0.6 is 0 Å². The molecule has 0 spiro atoms. The largest absolute Gasteiger partial charge is 0.332 e. The van der Waals surface area contributed by atoms with Gasteiger partial charge in [-0.3, -0.25) is 9.38 Å². The first kappa shape index (κ1) is 11.0. The zero-order chi connectivity index (χ0) is 13.8. The first-order valence-corrected chi connectivity index (χ1v) is 6.95. The molecule has 6 heteroatoms. The molecule has 0 bridgehead atoms. The first-order chi connectivity index (χ1) is 10.4. The molecule has 1 saturated carbocycles. The van der Waals surface area contributed by atoms with Crippen LogP contribution in [0.1, 0.15) is 24.6 Å². The van der Waals surface area contributed by atoms with Crippen LogP contribution in [0.4, 0.5) is 0 Å². The number of imidazole rings is 1. The number of hydrogen-bond donors (Lipinski definition) is 0. The molecule has 1 aliphatic carbocycles.